The Morgan fingerprint density at radius 3 is 2.68 bits per heavy atom. The Balaban J connectivity index is 2.25. The van der Waals surface area contributed by atoms with Gasteiger partial charge >= 0.3 is 0 Å². The van der Waals surface area contributed by atoms with E-state index in [0.717, 1.165) is 25.7 Å². The second-order valence-corrected chi connectivity index (χ2v) is 5.77. The molecule has 3 nitrogen and oxygen atoms in total. The highest BCUT2D eigenvalue weighted by molar-refractivity contribution is 9.10. The molecule has 2 N–H and O–H groups in total. The SMILES string of the molecule is N#Cc1ccc(-c2cnc(N)c3c(Br)csc23)cc1. The number of hydrogen-bond acceptors (Lipinski definition) is 4. The summed E-state index contributed by atoms with van der Waals surface area (Å²) in [6.07, 6.45) is 1.78. The molecular weight excluding hydrogens is 322 g/mol. The van der Waals surface area contributed by atoms with Gasteiger partial charge in [0.25, 0.3) is 0 Å². The molecule has 0 amide bonds. The molecule has 0 aliphatic heterocycles. The fourth-order valence-corrected chi connectivity index (χ4v) is 3.74. The highest BCUT2D eigenvalue weighted by Crippen LogP contribution is 2.39. The minimum Gasteiger partial charge on any atom is -0.383 e. The van der Waals surface area contributed by atoms with Crippen LogP contribution in [0.15, 0.2) is 40.3 Å². The van der Waals surface area contributed by atoms with E-state index in [1.807, 2.05) is 17.5 Å². The molecule has 0 aliphatic carbocycles. The largest absolute Gasteiger partial charge is 0.383 e. The number of benzene rings is 1. The Kier molecular flexibility index (Phi) is 2.97. The normalized spacial score (nSPS) is 10.5. The van der Waals surface area contributed by atoms with Crippen LogP contribution in [0, 0.1) is 11.3 Å². The van der Waals surface area contributed by atoms with Crippen LogP contribution >= 0.6 is 27.3 Å². The molecule has 0 bridgehead atoms. The van der Waals surface area contributed by atoms with Crippen molar-refractivity contribution in [1.29, 1.82) is 5.26 Å². The first-order valence-electron chi connectivity index (χ1n) is 5.52. The lowest BCUT2D eigenvalue weighted by Crippen LogP contribution is -1.91. The van der Waals surface area contributed by atoms with Gasteiger partial charge in [0, 0.05) is 31.7 Å². The number of halogens is 1. The summed E-state index contributed by atoms with van der Waals surface area (Å²) in [6, 6.07) is 9.59. The van der Waals surface area contributed by atoms with Crippen LogP contribution in [-0.2, 0) is 0 Å². The third-order valence-corrected chi connectivity index (χ3v) is 4.85. The summed E-state index contributed by atoms with van der Waals surface area (Å²) < 4.78 is 2.07. The molecule has 3 rings (SSSR count). The van der Waals surface area contributed by atoms with Crippen molar-refractivity contribution >= 4 is 43.2 Å². The van der Waals surface area contributed by atoms with Crippen LogP contribution in [0.25, 0.3) is 21.2 Å². The molecule has 92 valence electrons. The highest BCUT2D eigenvalue weighted by atomic mass is 79.9. The number of nitrogen functional groups attached to an aromatic ring is 1. The number of nitrogens with two attached hydrogens (primary N) is 1. The quantitative estimate of drug-likeness (QED) is 0.728. The Morgan fingerprint density at radius 2 is 2.00 bits per heavy atom. The van der Waals surface area contributed by atoms with E-state index in [0.29, 0.717) is 11.4 Å². The molecule has 0 atom stereocenters. The van der Waals surface area contributed by atoms with Crippen LogP contribution in [-0.4, -0.2) is 4.98 Å². The summed E-state index contributed by atoms with van der Waals surface area (Å²) in [5.74, 6) is 0.528. The van der Waals surface area contributed by atoms with Crippen LogP contribution in [0.4, 0.5) is 5.82 Å². The van der Waals surface area contributed by atoms with Crippen molar-refractivity contribution in [3.8, 4) is 17.2 Å². The molecule has 3 aromatic rings. The number of nitrogens with zero attached hydrogens (tertiary/aromatic N) is 2. The van der Waals surface area contributed by atoms with Gasteiger partial charge < -0.3 is 5.73 Å². The van der Waals surface area contributed by atoms with Gasteiger partial charge in [-0.1, -0.05) is 12.1 Å². The van der Waals surface area contributed by atoms with Gasteiger partial charge in [-0.15, -0.1) is 11.3 Å². The van der Waals surface area contributed by atoms with Crippen LogP contribution in [0.2, 0.25) is 0 Å². The highest BCUT2D eigenvalue weighted by Gasteiger charge is 2.12. The number of pyridine rings is 1. The van der Waals surface area contributed by atoms with E-state index in [9.17, 15) is 0 Å². The molecule has 1 aromatic carbocycles. The Bertz CT molecular complexity index is 800. The van der Waals surface area contributed by atoms with Gasteiger partial charge in [-0.3, -0.25) is 0 Å². The van der Waals surface area contributed by atoms with Gasteiger partial charge in [0.2, 0.25) is 0 Å². The van der Waals surface area contributed by atoms with E-state index in [1.165, 1.54) is 0 Å². The van der Waals surface area contributed by atoms with Gasteiger partial charge in [-0.05, 0) is 33.6 Å². The monoisotopic (exact) mass is 329 g/mol. The van der Waals surface area contributed by atoms with Crippen molar-refractivity contribution in [2.24, 2.45) is 0 Å². The Labute approximate surface area is 122 Å². The number of fused-ring (bicyclic) bond motifs is 1. The molecule has 0 saturated heterocycles. The minimum atomic E-state index is 0.528. The average molecular weight is 330 g/mol. The smallest absolute Gasteiger partial charge is 0.133 e. The number of hydrogen-bond donors (Lipinski definition) is 1. The topological polar surface area (TPSA) is 62.7 Å². The van der Waals surface area contributed by atoms with Gasteiger partial charge in [0.1, 0.15) is 5.82 Å². The Morgan fingerprint density at radius 1 is 1.26 bits per heavy atom. The molecule has 0 radical (unpaired) electrons. The lowest BCUT2D eigenvalue weighted by atomic mass is 10.0. The van der Waals surface area contributed by atoms with Crippen molar-refractivity contribution in [1.82, 2.24) is 4.98 Å². The van der Waals surface area contributed by atoms with Crippen molar-refractivity contribution in [2.75, 3.05) is 5.73 Å². The zero-order chi connectivity index (χ0) is 13.4. The summed E-state index contributed by atoms with van der Waals surface area (Å²) in [4.78, 5) is 4.25. The van der Waals surface area contributed by atoms with Gasteiger partial charge in [-0.2, -0.15) is 5.26 Å². The fourth-order valence-electron chi connectivity index (χ4n) is 1.96. The Hall–Kier alpha value is -1.90. The third-order valence-electron chi connectivity index (χ3n) is 2.90. The number of thiophene rings is 1. The fraction of sp³-hybridized carbons (Fsp3) is 0. The summed E-state index contributed by atoms with van der Waals surface area (Å²) in [6.45, 7) is 0. The van der Waals surface area contributed by atoms with Crippen LogP contribution in [0.3, 0.4) is 0 Å². The third kappa shape index (κ3) is 1.99. The van der Waals surface area contributed by atoms with Crippen LogP contribution < -0.4 is 5.73 Å². The molecule has 0 spiro atoms. The van der Waals surface area contributed by atoms with E-state index >= 15 is 0 Å². The molecular formula is C14H8BrN3S. The number of anilines is 1. The summed E-state index contributed by atoms with van der Waals surface area (Å²) in [5.41, 5.74) is 8.63. The van der Waals surface area contributed by atoms with Gasteiger partial charge in [0.15, 0.2) is 0 Å². The maximum absolute atomic E-state index is 8.83. The number of aromatic nitrogens is 1. The van der Waals surface area contributed by atoms with Gasteiger partial charge in [0.05, 0.1) is 11.6 Å². The zero-order valence-electron chi connectivity index (χ0n) is 9.72. The van der Waals surface area contributed by atoms with Crippen molar-refractivity contribution in [2.45, 2.75) is 0 Å². The molecule has 2 heterocycles. The predicted molar refractivity (Wildman–Crippen MR) is 81.9 cm³/mol. The van der Waals surface area contributed by atoms with Crippen LogP contribution in [0.5, 0.6) is 0 Å². The maximum atomic E-state index is 8.83. The second-order valence-electron chi connectivity index (χ2n) is 4.03. The van der Waals surface area contributed by atoms with Crippen molar-refractivity contribution in [3.05, 3.63) is 45.9 Å². The van der Waals surface area contributed by atoms with E-state index in [4.69, 9.17) is 11.0 Å². The molecule has 0 aliphatic rings. The van der Waals surface area contributed by atoms with Gasteiger partial charge in [-0.25, -0.2) is 4.98 Å². The van der Waals surface area contributed by atoms with E-state index in [2.05, 4.69) is 27.0 Å². The molecule has 5 heteroatoms. The average Bonchev–Trinajstić information content (AvgIpc) is 2.83. The second kappa shape index (κ2) is 4.65. The standard InChI is InChI=1S/C14H8BrN3S/c15-11-7-19-13-10(6-18-14(17)12(11)13)9-3-1-8(5-16)2-4-9/h1-4,6-7H,(H2,17,18). The lowest BCUT2D eigenvalue weighted by molar-refractivity contribution is 1.37. The van der Waals surface area contributed by atoms with Crippen LogP contribution in [0.1, 0.15) is 5.56 Å². The maximum Gasteiger partial charge on any atom is 0.133 e. The lowest BCUT2D eigenvalue weighted by Gasteiger charge is -2.05. The van der Waals surface area contributed by atoms with E-state index < -0.39 is 0 Å². The molecule has 2 aromatic heterocycles. The minimum absolute atomic E-state index is 0.528. The summed E-state index contributed by atoms with van der Waals surface area (Å²) >= 11 is 5.12. The van der Waals surface area contributed by atoms with E-state index in [-0.39, 0.29) is 0 Å². The molecule has 19 heavy (non-hydrogen) atoms. The van der Waals surface area contributed by atoms with Crippen molar-refractivity contribution in [3.63, 3.8) is 0 Å². The van der Waals surface area contributed by atoms with E-state index in [1.54, 1.807) is 29.7 Å². The molecule has 0 unspecified atom stereocenters. The molecule has 0 fully saturated rings. The first-order valence-corrected chi connectivity index (χ1v) is 7.19. The van der Waals surface area contributed by atoms with Crippen molar-refractivity contribution < 1.29 is 0 Å². The summed E-state index contributed by atoms with van der Waals surface area (Å²) in [7, 11) is 0. The first-order chi connectivity index (χ1) is 9.20. The zero-order valence-corrected chi connectivity index (χ0v) is 12.1. The number of nitriles is 1. The number of rotatable bonds is 1. The first kappa shape index (κ1) is 12.2. The molecule has 0 saturated carbocycles. The summed E-state index contributed by atoms with van der Waals surface area (Å²) in [5, 5.41) is 11.8. The predicted octanol–water partition coefficient (Wildman–Crippen LogP) is 4.18.